The summed E-state index contributed by atoms with van der Waals surface area (Å²) in [4.78, 5) is 16.1. The van der Waals surface area contributed by atoms with E-state index in [4.69, 9.17) is 5.73 Å². The van der Waals surface area contributed by atoms with E-state index in [-0.39, 0.29) is 18.0 Å². The maximum absolute atomic E-state index is 12.1. The summed E-state index contributed by atoms with van der Waals surface area (Å²) < 4.78 is 0. The van der Waals surface area contributed by atoms with Gasteiger partial charge in [0, 0.05) is 24.9 Å². The largest absolute Gasteiger partial charge is 0.350 e. The van der Waals surface area contributed by atoms with Gasteiger partial charge in [0.1, 0.15) is 0 Å². The smallest absolute Gasteiger partial charge is 0.220 e. The molecule has 1 amide bonds. The highest BCUT2D eigenvalue weighted by Gasteiger charge is 2.24. The number of hydrogen-bond donors (Lipinski definition) is 2. The molecule has 0 aromatic carbocycles. The quantitative estimate of drug-likeness (QED) is 0.872. The third-order valence-electron chi connectivity index (χ3n) is 3.98. The molecule has 1 aromatic heterocycles. The predicted molar refractivity (Wildman–Crippen MR) is 75.3 cm³/mol. The lowest BCUT2D eigenvalue weighted by atomic mass is 9.83. The molecule has 4 heteroatoms. The standard InChI is InChI=1S/C15H23N3O/c1-11(13-6-4-8-17-10-13)18-15(19)9-12-5-2-3-7-14(12)16/h4,6,8,10-12,14H,2-3,5,7,9,16H2,1H3,(H,18,19). The molecule has 1 aliphatic rings. The maximum Gasteiger partial charge on any atom is 0.220 e. The lowest BCUT2D eigenvalue weighted by molar-refractivity contribution is -0.123. The normalized spacial score (nSPS) is 24.7. The first-order valence-electron chi connectivity index (χ1n) is 7.11. The molecule has 0 aliphatic heterocycles. The molecule has 1 aromatic rings. The number of hydrogen-bond acceptors (Lipinski definition) is 3. The Balaban J connectivity index is 1.84. The molecule has 0 saturated heterocycles. The van der Waals surface area contributed by atoms with E-state index in [1.807, 2.05) is 19.1 Å². The van der Waals surface area contributed by atoms with E-state index in [9.17, 15) is 4.79 Å². The molecule has 1 fully saturated rings. The number of carbonyl (C=O) groups excluding carboxylic acids is 1. The lowest BCUT2D eigenvalue weighted by Gasteiger charge is -2.28. The Morgan fingerprint density at radius 1 is 1.53 bits per heavy atom. The van der Waals surface area contributed by atoms with Crippen molar-refractivity contribution in [2.45, 2.75) is 51.1 Å². The Bertz CT molecular complexity index is 407. The van der Waals surface area contributed by atoms with Gasteiger partial charge in [0.2, 0.25) is 5.91 Å². The number of pyridine rings is 1. The molecule has 3 atom stereocenters. The van der Waals surface area contributed by atoms with Crippen molar-refractivity contribution >= 4 is 5.91 Å². The average Bonchev–Trinajstić information content (AvgIpc) is 2.42. The van der Waals surface area contributed by atoms with Gasteiger partial charge in [-0.25, -0.2) is 0 Å². The van der Waals surface area contributed by atoms with Crippen LogP contribution in [0.5, 0.6) is 0 Å². The first-order valence-corrected chi connectivity index (χ1v) is 7.11. The zero-order chi connectivity index (χ0) is 13.7. The third kappa shape index (κ3) is 4.03. The minimum atomic E-state index is 0.000940. The van der Waals surface area contributed by atoms with Crippen LogP contribution >= 0.6 is 0 Å². The molecule has 3 unspecified atom stereocenters. The highest BCUT2D eigenvalue weighted by atomic mass is 16.1. The molecular weight excluding hydrogens is 238 g/mol. The van der Waals surface area contributed by atoms with E-state index >= 15 is 0 Å². The van der Waals surface area contributed by atoms with Gasteiger partial charge < -0.3 is 11.1 Å². The number of amides is 1. The predicted octanol–water partition coefficient (Wildman–Crippen LogP) is 2.17. The zero-order valence-electron chi connectivity index (χ0n) is 11.5. The Morgan fingerprint density at radius 3 is 3.00 bits per heavy atom. The Kier molecular flexibility index (Phi) is 4.91. The molecule has 2 rings (SSSR count). The highest BCUT2D eigenvalue weighted by Crippen LogP contribution is 2.25. The summed E-state index contributed by atoms with van der Waals surface area (Å²) in [5.74, 6) is 0.438. The molecule has 1 heterocycles. The summed E-state index contributed by atoms with van der Waals surface area (Å²) in [7, 11) is 0. The number of rotatable bonds is 4. The van der Waals surface area contributed by atoms with Crippen molar-refractivity contribution in [3.8, 4) is 0 Å². The van der Waals surface area contributed by atoms with Gasteiger partial charge in [0.05, 0.1) is 6.04 Å². The molecule has 1 saturated carbocycles. The summed E-state index contributed by atoms with van der Waals surface area (Å²) in [6, 6.07) is 4.05. The van der Waals surface area contributed by atoms with Gasteiger partial charge in [-0.15, -0.1) is 0 Å². The average molecular weight is 261 g/mol. The first-order chi connectivity index (χ1) is 9.16. The van der Waals surface area contributed by atoms with Crippen LogP contribution in [0.2, 0.25) is 0 Å². The number of nitrogens with one attached hydrogen (secondary N) is 1. The number of aromatic nitrogens is 1. The van der Waals surface area contributed by atoms with Gasteiger partial charge in [-0.3, -0.25) is 9.78 Å². The first kappa shape index (κ1) is 14.0. The summed E-state index contributed by atoms with van der Waals surface area (Å²) in [5.41, 5.74) is 7.11. The van der Waals surface area contributed by atoms with Gasteiger partial charge in [0.15, 0.2) is 0 Å². The fraction of sp³-hybridized carbons (Fsp3) is 0.600. The van der Waals surface area contributed by atoms with Crippen molar-refractivity contribution in [1.29, 1.82) is 0 Å². The van der Waals surface area contributed by atoms with E-state index in [0.29, 0.717) is 12.3 Å². The fourth-order valence-corrected chi connectivity index (χ4v) is 2.74. The van der Waals surface area contributed by atoms with E-state index in [1.165, 1.54) is 12.8 Å². The van der Waals surface area contributed by atoms with Crippen LogP contribution in [0, 0.1) is 5.92 Å². The molecule has 19 heavy (non-hydrogen) atoms. The van der Waals surface area contributed by atoms with Crippen molar-refractivity contribution in [2.24, 2.45) is 11.7 Å². The van der Waals surface area contributed by atoms with Crippen molar-refractivity contribution < 1.29 is 4.79 Å². The van der Waals surface area contributed by atoms with Crippen LogP contribution in [0.1, 0.15) is 50.6 Å². The van der Waals surface area contributed by atoms with Crippen LogP contribution in [0.3, 0.4) is 0 Å². The number of carbonyl (C=O) groups is 1. The molecule has 3 N–H and O–H groups in total. The second kappa shape index (κ2) is 6.66. The van der Waals surface area contributed by atoms with Gasteiger partial charge >= 0.3 is 0 Å². The third-order valence-corrected chi connectivity index (χ3v) is 3.98. The van der Waals surface area contributed by atoms with E-state index in [1.54, 1.807) is 12.4 Å². The van der Waals surface area contributed by atoms with E-state index < -0.39 is 0 Å². The van der Waals surface area contributed by atoms with Crippen molar-refractivity contribution in [3.63, 3.8) is 0 Å². The topological polar surface area (TPSA) is 68.0 Å². The maximum atomic E-state index is 12.1. The SMILES string of the molecule is CC(NC(=O)CC1CCCCC1N)c1cccnc1. The molecule has 104 valence electrons. The number of nitrogens with zero attached hydrogens (tertiary/aromatic N) is 1. The van der Waals surface area contributed by atoms with E-state index in [0.717, 1.165) is 18.4 Å². The Morgan fingerprint density at radius 2 is 2.32 bits per heavy atom. The minimum Gasteiger partial charge on any atom is -0.350 e. The second-order valence-corrected chi connectivity index (χ2v) is 5.49. The summed E-state index contributed by atoms with van der Waals surface area (Å²) in [5, 5.41) is 3.03. The molecule has 4 nitrogen and oxygen atoms in total. The molecule has 0 radical (unpaired) electrons. The van der Waals surface area contributed by atoms with Crippen LogP contribution in [-0.2, 0) is 4.79 Å². The van der Waals surface area contributed by atoms with Gasteiger partial charge in [-0.05, 0) is 37.3 Å². The lowest BCUT2D eigenvalue weighted by Crippen LogP contribution is -2.37. The molecule has 0 spiro atoms. The van der Waals surface area contributed by atoms with Crippen LogP contribution in [0.4, 0.5) is 0 Å². The Hall–Kier alpha value is -1.42. The highest BCUT2D eigenvalue weighted by molar-refractivity contribution is 5.76. The molecular formula is C15H23N3O. The van der Waals surface area contributed by atoms with Gasteiger partial charge in [-0.2, -0.15) is 0 Å². The summed E-state index contributed by atoms with van der Waals surface area (Å²) in [6.45, 7) is 1.98. The second-order valence-electron chi connectivity index (χ2n) is 5.49. The fourth-order valence-electron chi connectivity index (χ4n) is 2.74. The monoisotopic (exact) mass is 261 g/mol. The number of nitrogens with two attached hydrogens (primary N) is 1. The Labute approximate surface area is 114 Å². The zero-order valence-corrected chi connectivity index (χ0v) is 11.5. The summed E-state index contributed by atoms with van der Waals surface area (Å²) in [6.07, 6.45) is 8.60. The van der Waals surface area contributed by atoms with Crippen molar-refractivity contribution in [1.82, 2.24) is 10.3 Å². The minimum absolute atomic E-state index is 0.000940. The summed E-state index contributed by atoms with van der Waals surface area (Å²) >= 11 is 0. The van der Waals surface area contributed by atoms with Crippen molar-refractivity contribution in [2.75, 3.05) is 0 Å². The van der Waals surface area contributed by atoms with Crippen LogP contribution < -0.4 is 11.1 Å². The van der Waals surface area contributed by atoms with Crippen LogP contribution in [0.15, 0.2) is 24.5 Å². The van der Waals surface area contributed by atoms with Crippen LogP contribution in [-0.4, -0.2) is 16.9 Å². The molecule has 1 aliphatic carbocycles. The van der Waals surface area contributed by atoms with E-state index in [2.05, 4.69) is 10.3 Å². The van der Waals surface area contributed by atoms with Gasteiger partial charge in [0.25, 0.3) is 0 Å². The molecule has 0 bridgehead atoms. The van der Waals surface area contributed by atoms with Crippen molar-refractivity contribution in [3.05, 3.63) is 30.1 Å². The van der Waals surface area contributed by atoms with Gasteiger partial charge in [-0.1, -0.05) is 18.9 Å². The van der Waals surface area contributed by atoms with Crippen LogP contribution in [0.25, 0.3) is 0 Å².